The van der Waals surface area contributed by atoms with Crippen LogP contribution in [0.4, 0.5) is 4.39 Å². The lowest BCUT2D eigenvalue weighted by Gasteiger charge is -2.07. The van der Waals surface area contributed by atoms with Crippen LogP contribution in [0.3, 0.4) is 0 Å². The number of furan rings is 2. The molecule has 0 amide bonds. The van der Waals surface area contributed by atoms with Crippen molar-refractivity contribution in [1.82, 2.24) is 0 Å². The molecule has 0 saturated heterocycles. The first kappa shape index (κ1) is 16.0. The summed E-state index contributed by atoms with van der Waals surface area (Å²) in [5.74, 6) is 0.0891. The molecule has 4 rings (SSSR count). The molecular formula is C20H11FN2O2. The van der Waals surface area contributed by atoms with Crippen molar-refractivity contribution in [3.8, 4) is 23.6 Å². The van der Waals surface area contributed by atoms with Gasteiger partial charge in [0.1, 0.15) is 46.2 Å². The van der Waals surface area contributed by atoms with Crippen LogP contribution in [-0.4, -0.2) is 0 Å². The smallest absolute Gasteiger partial charge is 0.146 e. The Hall–Kier alpha value is -3.83. The predicted molar refractivity (Wildman–Crippen MR) is 89.7 cm³/mol. The van der Waals surface area contributed by atoms with Crippen LogP contribution in [0.5, 0.6) is 11.5 Å². The summed E-state index contributed by atoms with van der Waals surface area (Å²) in [5.41, 5.74) is 2.31. The van der Waals surface area contributed by atoms with E-state index in [4.69, 9.17) is 19.7 Å². The minimum absolute atomic E-state index is 0.143. The molecule has 0 spiro atoms. The number of fused-ring (bicyclic) bond motifs is 2. The third-order valence-corrected chi connectivity index (χ3v) is 3.34. The SMILES string of the molecule is N#Cc1cccc(Oc2cccc(F)c2)c1C#N.c1cc2ccc1o2. The van der Waals surface area contributed by atoms with Crippen LogP contribution in [0.25, 0.3) is 11.2 Å². The highest BCUT2D eigenvalue weighted by molar-refractivity contribution is 5.59. The van der Waals surface area contributed by atoms with Crippen molar-refractivity contribution in [3.05, 3.63) is 83.7 Å². The summed E-state index contributed by atoms with van der Waals surface area (Å²) in [7, 11) is 0. The third kappa shape index (κ3) is 3.74. The molecule has 4 aromatic rings. The lowest BCUT2D eigenvalue weighted by molar-refractivity contribution is 0.475. The van der Waals surface area contributed by atoms with Crippen molar-refractivity contribution < 1.29 is 13.5 Å². The molecular weight excluding hydrogens is 319 g/mol. The van der Waals surface area contributed by atoms with E-state index in [9.17, 15) is 4.39 Å². The van der Waals surface area contributed by atoms with Gasteiger partial charge in [0, 0.05) is 6.07 Å². The molecule has 0 aliphatic carbocycles. The molecule has 0 fully saturated rings. The Balaban J connectivity index is 0.000000213. The van der Waals surface area contributed by atoms with Gasteiger partial charge in [0.25, 0.3) is 0 Å². The molecule has 2 heterocycles. The molecule has 4 nitrogen and oxygen atoms in total. The number of benzene rings is 3. The molecule has 0 aliphatic rings. The summed E-state index contributed by atoms with van der Waals surface area (Å²) in [4.78, 5) is 0. The fraction of sp³-hybridized carbons (Fsp3) is 0. The van der Waals surface area contributed by atoms with E-state index in [1.807, 2.05) is 36.4 Å². The fourth-order valence-corrected chi connectivity index (χ4v) is 2.19. The minimum atomic E-state index is -0.428. The van der Waals surface area contributed by atoms with Crippen molar-refractivity contribution in [3.63, 3.8) is 0 Å². The van der Waals surface area contributed by atoms with E-state index in [-0.39, 0.29) is 22.6 Å². The van der Waals surface area contributed by atoms with Crippen molar-refractivity contribution in [2.75, 3.05) is 0 Å². The Kier molecular flexibility index (Phi) is 4.60. The maximum atomic E-state index is 13.0. The quantitative estimate of drug-likeness (QED) is 0.504. The van der Waals surface area contributed by atoms with Gasteiger partial charge < -0.3 is 9.15 Å². The molecule has 5 heteroatoms. The van der Waals surface area contributed by atoms with Crippen LogP contribution >= 0.6 is 0 Å². The van der Waals surface area contributed by atoms with E-state index >= 15 is 0 Å². The van der Waals surface area contributed by atoms with E-state index < -0.39 is 5.82 Å². The van der Waals surface area contributed by atoms with Crippen LogP contribution < -0.4 is 4.74 Å². The van der Waals surface area contributed by atoms with E-state index in [2.05, 4.69) is 0 Å². The van der Waals surface area contributed by atoms with Gasteiger partial charge in [0.05, 0.1) is 5.56 Å². The first-order valence-electron chi connectivity index (χ1n) is 7.34. The fourth-order valence-electron chi connectivity index (χ4n) is 2.19. The van der Waals surface area contributed by atoms with Crippen LogP contribution in [0.2, 0.25) is 0 Å². The second-order valence-electron chi connectivity index (χ2n) is 5.04. The van der Waals surface area contributed by atoms with Crippen LogP contribution in [0.15, 0.2) is 71.1 Å². The Morgan fingerprint density at radius 1 is 0.840 bits per heavy atom. The zero-order valence-corrected chi connectivity index (χ0v) is 12.9. The first-order chi connectivity index (χ1) is 12.2. The van der Waals surface area contributed by atoms with Gasteiger partial charge >= 0.3 is 0 Å². The lowest BCUT2D eigenvalue weighted by atomic mass is 10.1. The number of hydrogen-bond donors (Lipinski definition) is 0. The molecule has 0 radical (unpaired) electrons. The van der Waals surface area contributed by atoms with Gasteiger partial charge in [-0.2, -0.15) is 10.5 Å². The highest BCUT2D eigenvalue weighted by Crippen LogP contribution is 2.27. The van der Waals surface area contributed by atoms with Gasteiger partial charge in [0.15, 0.2) is 0 Å². The average Bonchev–Trinajstić information content (AvgIpc) is 3.28. The van der Waals surface area contributed by atoms with Gasteiger partial charge in [-0.05, 0) is 48.5 Å². The molecule has 0 atom stereocenters. The van der Waals surface area contributed by atoms with Crippen LogP contribution in [0.1, 0.15) is 11.1 Å². The maximum absolute atomic E-state index is 13.0. The standard InChI is InChI=1S/C14H7FN2O.C6H4O/c15-11-4-2-5-12(7-11)18-14-6-1-3-10(8-16)13(14)9-17;1-2-6-4-3-5(1)7-6/h1-7H;1-4H. The van der Waals surface area contributed by atoms with Gasteiger partial charge in [-0.15, -0.1) is 0 Å². The highest BCUT2D eigenvalue weighted by Gasteiger charge is 2.09. The maximum Gasteiger partial charge on any atom is 0.146 e. The highest BCUT2D eigenvalue weighted by atomic mass is 19.1. The van der Waals surface area contributed by atoms with Crippen molar-refractivity contribution in [2.24, 2.45) is 0 Å². The van der Waals surface area contributed by atoms with Crippen LogP contribution in [0, 0.1) is 28.5 Å². The second kappa shape index (κ2) is 7.16. The molecule has 0 N–H and O–H groups in total. The minimum Gasteiger partial charge on any atom is -0.457 e. The normalized spacial score (nSPS) is 9.72. The van der Waals surface area contributed by atoms with E-state index in [0.717, 1.165) is 11.2 Å². The Morgan fingerprint density at radius 2 is 1.52 bits per heavy atom. The van der Waals surface area contributed by atoms with E-state index in [0.29, 0.717) is 0 Å². The Bertz CT molecular complexity index is 1030. The third-order valence-electron chi connectivity index (χ3n) is 3.34. The summed E-state index contributed by atoms with van der Waals surface area (Å²) < 4.78 is 23.5. The number of rotatable bonds is 2. The summed E-state index contributed by atoms with van der Waals surface area (Å²) >= 11 is 0. The largest absolute Gasteiger partial charge is 0.457 e. The van der Waals surface area contributed by atoms with Crippen LogP contribution in [-0.2, 0) is 0 Å². The van der Waals surface area contributed by atoms with Gasteiger partial charge in [0.2, 0.25) is 0 Å². The van der Waals surface area contributed by atoms with Gasteiger partial charge in [-0.25, -0.2) is 4.39 Å². The van der Waals surface area contributed by atoms with Gasteiger partial charge in [-0.1, -0.05) is 12.1 Å². The number of halogens is 1. The second-order valence-corrected chi connectivity index (χ2v) is 5.04. The molecule has 120 valence electrons. The molecule has 2 bridgehead atoms. The molecule has 2 aromatic heterocycles. The average molecular weight is 330 g/mol. The monoisotopic (exact) mass is 330 g/mol. The summed E-state index contributed by atoms with van der Waals surface area (Å²) in [5, 5.41) is 17.9. The first-order valence-corrected chi connectivity index (χ1v) is 7.34. The zero-order chi connectivity index (χ0) is 17.6. The number of ether oxygens (including phenoxy) is 1. The van der Waals surface area contributed by atoms with E-state index in [1.54, 1.807) is 18.2 Å². The van der Waals surface area contributed by atoms with Crippen molar-refractivity contribution >= 4 is 11.2 Å². The van der Waals surface area contributed by atoms with Crippen molar-refractivity contribution in [2.45, 2.75) is 0 Å². The molecule has 0 unspecified atom stereocenters. The number of nitrogens with zero attached hydrogens (tertiary/aromatic N) is 2. The molecule has 25 heavy (non-hydrogen) atoms. The zero-order valence-electron chi connectivity index (χ0n) is 12.9. The number of nitriles is 2. The van der Waals surface area contributed by atoms with E-state index in [1.165, 1.54) is 24.3 Å². The predicted octanol–water partition coefficient (Wildman–Crippen LogP) is 5.23. The Morgan fingerprint density at radius 3 is 2.04 bits per heavy atom. The Labute approximate surface area is 143 Å². The summed E-state index contributed by atoms with van der Waals surface area (Å²) in [6, 6.07) is 21.9. The summed E-state index contributed by atoms with van der Waals surface area (Å²) in [6.07, 6.45) is 0. The molecule has 0 aliphatic heterocycles. The topological polar surface area (TPSA) is 69.9 Å². The number of hydrogen-bond acceptors (Lipinski definition) is 4. The molecule has 2 aromatic carbocycles. The summed E-state index contributed by atoms with van der Waals surface area (Å²) in [6.45, 7) is 0. The lowest BCUT2D eigenvalue weighted by Crippen LogP contribution is -1.91. The van der Waals surface area contributed by atoms with Crippen molar-refractivity contribution in [1.29, 1.82) is 10.5 Å². The molecule has 0 saturated carbocycles. The van der Waals surface area contributed by atoms with Gasteiger partial charge in [-0.3, -0.25) is 0 Å².